The van der Waals surface area contributed by atoms with Crippen molar-refractivity contribution < 1.29 is 9.90 Å². The maximum Gasteiger partial charge on any atom is 0.317 e. The van der Waals surface area contributed by atoms with E-state index in [1.165, 1.54) is 25.8 Å². The van der Waals surface area contributed by atoms with Crippen molar-refractivity contribution in [3.05, 3.63) is 0 Å². The fourth-order valence-electron chi connectivity index (χ4n) is 2.18. The van der Waals surface area contributed by atoms with Gasteiger partial charge in [0.15, 0.2) is 0 Å². The van der Waals surface area contributed by atoms with Crippen LogP contribution in [0.25, 0.3) is 0 Å². The standard InChI is InChI=1S/C10H18N2O2/c13-10(14)6-11-5-8-3-4-12(7-8)9-1-2-9/h8-9,11H,1-7H2,(H,13,14). The Balaban J connectivity index is 1.60. The zero-order valence-corrected chi connectivity index (χ0v) is 8.41. The molecule has 0 radical (unpaired) electrons. The van der Waals surface area contributed by atoms with Crippen molar-refractivity contribution in [1.29, 1.82) is 0 Å². The van der Waals surface area contributed by atoms with E-state index >= 15 is 0 Å². The summed E-state index contributed by atoms with van der Waals surface area (Å²) in [6.07, 6.45) is 3.97. The van der Waals surface area contributed by atoms with Gasteiger partial charge in [0, 0.05) is 12.6 Å². The van der Waals surface area contributed by atoms with Crippen LogP contribution in [0.5, 0.6) is 0 Å². The second-order valence-corrected chi connectivity index (χ2v) is 4.41. The highest BCUT2D eigenvalue weighted by Gasteiger charge is 2.33. The van der Waals surface area contributed by atoms with Gasteiger partial charge < -0.3 is 15.3 Å². The number of carbonyl (C=O) groups is 1. The van der Waals surface area contributed by atoms with Crippen LogP contribution in [0.15, 0.2) is 0 Å². The Hall–Kier alpha value is -0.610. The Kier molecular flexibility index (Phi) is 3.03. The lowest BCUT2D eigenvalue weighted by Gasteiger charge is -2.14. The molecule has 2 N–H and O–H groups in total. The van der Waals surface area contributed by atoms with Gasteiger partial charge in [-0.3, -0.25) is 4.79 Å². The first kappa shape index (κ1) is 9.93. The van der Waals surface area contributed by atoms with E-state index < -0.39 is 5.97 Å². The molecular weight excluding hydrogens is 180 g/mol. The topological polar surface area (TPSA) is 52.6 Å². The summed E-state index contributed by atoms with van der Waals surface area (Å²) in [4.78, 5) is 12.8. The van der Waals surface area contributed by atoms with Crippen LogP contribution in [0.4, 0.5) is 0 Å². The lowest BCUT2D eigenvalue weighted by Crippen LogP contribution is -2.30. The maximum atomic E-state index is 10.3. The quantitative estimate of drug-likeness (QED) is 0.660. The highest BCUT2D eigenvalue weighted by atomic mass is 16.4. The summed E-state index contributed by atoms with van der Waals surface area (Å²) in [7, 11) is 0. The number of rotatable bonds is 5. The van der Waals surface area contributed by atoms with E-state index in [-0.39, 0.29) is 6.54 Å². The summed E-state index contributed by atoms with van der Waals surface area (Å²) in [5.74, 6) is -0.100. The van der Waals surface area contributed by atoms with Crippen molar-refractivity contribution in [1.82, 2.24) is 10.2 Å². The average Bonchev–Trinajstić information content (AvgIpc) is 2.87. The summed E-state index contributed by atoms with van der Waals surface area (Å²) in [5, 5.41) is 11.4. The lowest BCUT2D eigenvalue weighted by atomic mass is 10.1. The monoisotopic (exact) mass is 198 g/mol. The van der Waals surface area contributed by atoms with E-state index in [0.29, 0.717) is 5.92 Å². The van der Waals surface area contributed by atoms with Crippen molar-refractivity contribution >= 4 is 5.97 Å². The van der Waals surface area contributed by atoms with Gasteiger partial charge in [0.25, 0.3) is 0 Å². The molecule has 2 aliphatic rings. The third-order valence-corrected chi connectivity index (χ3v) is 3.09. The highest BCUT2D eigenvalue weighted by Crippen LogP contribution is 2.31. The van der Waals surface area contributed by atoms with Gasteiger partial charge >= 0.3 is 5.97 Å². The molecule has 2 fully saturated rings. The minimum absolute atomic E-state index is 0.0972. The van der Waals surface area contributed by atoms with Gasteiger partial charge in [-0.1, -0.05) is 0 Å². The molecule has 1 saturated carbocycles. The second kappa shape index (κ2) is 4.28. The Labute approximate surface area is 84.3 Å². The number of aliphatic carboxylic acids is 1. The number of nitrogens with zero attached hydrogens (tertiary/aromatic N) is 1. The molecule has 1 saturated heterocycles. The molecule has 80 valence electrons. The average molecular weight is 198 g/mol. The summed E-state index contributed by atoms with van der Waals surface area (Å²) in [6.45, 7) is 3.33. The maximum absolute atomic E-state index is 10.3. The highest BCUT2D eigenvalue weighted by molar-refractivity contribution is 5.68. The van der Waals surface area contributed by atoms with E-state index in [1.54, 1.807) is 0 Å². The molecule has 0 aromatic carbocycles. The third-order valence-electron chi connectivity index (χ3n) is 3.09. The van der Waals surface area contributed by atoms with Crippen LogP contribution in [-0.2, 0) is 4.79 Å². The van der Waals surface area contributed by atoms with E-state index in [2.05, 4.69) is 10.2 Å². The molecule has 0 spiro atoms. The molecule has 0 aromatic rings. The fraction of sp³-hybridized carbons (Fsp3) is 0.900. The SMILES string of the molecule is O=C(O)CNCC1CCN(C2CC2)C1. The van der Waals surface area contributed by atoms with E-state index in [0.717, 1.165) is 19.1 Å². The first-order valence-corrected chi connectivity index (χ1v) is 5.42. The van der Waals surface area contributed by atoms with Crippen LogP contribution in [0.1, 0.15) is 19.3 Å². The fourth-order valence-corrected chi connectivity index (χ4v) is 2.18. The molecule has 0 aromatic heterocycles. The number of likely N-dealkylation sites (tertiary alicyclic amines) is 1. The lowest BCUT2D eigenvalue weighted by molar-refractivity contribution is -0.135. The van der Waals surface area contributed by atoms with Crippen molar-refractivity contribution in [2.45, 2.75) is 25.3 Å². The smallest absolute Gasteiger partial charge is 0.317 e. The van der Waals surface area contributed by atoms with Crippen LogP contribution >= 0.6 is 0 Å². The molecule has 0 bridgehead atoms. The summed E-state index contributed by atoms with van der Waals surface area (Å²) >= 11 is 0. The Bertz CT molecular complexity index is 216. The van der Waals surface area contributed by atoms with E-state index in [4.69, 9.17) is 5.11 Å². The zero-order valence-electron chi connectivity index (χ0n) is 8.41. The molecule has 1 unspecified atom stereocenters. The molecular formula is C10H18N2O2. The number of carboxylic acid groups (broad SMARTS) is 1. The molecule has 2 rings (SSSR count). The molecule has 1 aliphatic carbocycles. The van der Waals surface area contributed by atoms with Crippen LogP contribution < -0.4 is 5.32 Å². The molecule has 1 atom stereocenters. The molecule has 1 heterocycles. The first-order valence-electron chi connectivity index (χ1n) is 5.42. The Morgan fingerprint density at radius 2 is 2.21 bits per heavy atom. The molecule has 4 nitrogen and oxygen atoms in total. The van der Waals surface area contributed by atoms with E-state index in [9.17, 15) is 4.79 Å². The number of hydrogen-bond donors (Lipinski definition) is 2. The molecule has 4 heteroatoms. The van der Waals surface area contributed by atoms with Gasteiger partial charge in [-0.15, -0.1) is 0 Å². The molecule has 14 heavy (non-hydrogen) atoms. The van der Waals surface area contributed by atoms with Gasteiger partial charge in [-0.05, 0) is 38.3 Å². The van der Waals surface area contributed by atoms with Gasteiger partial charge in [0.2, 0.25) is 0 Å². The normalized spacial score (nSPS) is 28.1. The van der Waals surface area contributed by atoms with Crippen LogP contribution in [0.2, 0.25) is 0 Å². The predicted molar refractivity (Wildman–Crippen MR) is 53.2 cm³/mol. The third kappa shape index (κ3) is 2.69. The van der Waals surface area contributed by atoms with Crippen molar-refractivity contribution in [3.63, 3.8) is 0 Å². The largest absolute Gasteiger partial charge is 0.480 e. The van der Waals surface area contributed by atoms with Crippen molar-refractivity contribution in [2.75, 3.05) is 26.2 Å². The first-order chi connectivity index (χ1) is 6.75. The van der Waals surface area contributed by atoms with Gasteiger partial charge in [-0.25, -0.2) is 0 Å². The summed E-state index contributed by atoms with van der Waals surface area (Å²) in [5.41, 5.74) is 0. The Morgan fingerprint density at radius 3 is 2.86 bits per heavy atom. The van der Waals surface area contributed by atoms with Crippen LogP contribution in [0.3, 0.4) is 0 Å². The van der Waals surface area contributed by atoms with Crippen molar-refractivity contribution in [2.24, 2.45) is 5.92 Å². The minimum atomic E-state index is -0.762. The number of nitrogens with one attached hydrogen (secondary N) is 1. The molecule has 1 aliphatic heterocycles. The van der Waals surface area contributed by atoms with Crippen molar-refractivity contribution in [3.8, 4) is 0 Å². The predicted octanol–water partition coefficient (Wildman–Crippen LogP) is 0.145. The van der Waals surface area contributed by atoms with Gasteiger partial charge in [-0.2, -0.15) is 0 Å². The van der Waals surface area contributed by atoms with Crippen LogP contribution in [-0.4, -0.2) is 48.2 Å². The zero-order chi connectivity index (χ0) is 9.97. The number of hydrogen-bond acceptors (Lipinski definition) is 3. The Morgan fingerprint density at radius 1 is 1.43 bits per heavy atom. The van der Waals surface area contributed by atoms with Gasteiger partial charge in [0.1, 0.15) is 0 Å². The second-order valence-electron chi connectivity index (χ2n) is 4.41. The minimum Gasteiger partial charge on any atom is -0.480 e. The van der Waals surface area contributed by atoms with Crippen LogP contribution in [0, 0.1) is 5.92 Å². The molecule has 0 amide bonds. The summed E-state index contributed by atoms with van der Waals surface area (Å²) < 4.78 is 0. The van der Waals surface area contributed by atoms with E-state index in [1.807, 2.05) is 0 Å². The summed E-state index contributed by atoms with van der Waals surface area (Å²) in [6, 6.07) is 0.861. The van der Waals surface area contributed by atoms with Gasteiger partial charge in [0.05, 0.1) is 6.54 Å². The number of carboxylic acids is 1.